The molecule has 4 rings (SSSR count). The molecule has 2 heterocycles. The first-order chi connectivity index (χ1) is 12.1. The molecule has 8 heteroatoms. The second kappa shape index (κ2) is 6.29. The molecular weight excluding hydrogens is 340 g/mol. The molecule has 2 N–H and O–H groups in total. The van der Waals surface area contributed by atoms with E-state index >= 15 is 0 Å². The van der Waals surface area contributed by atoms with Crippen LogP contribution in [0, 0.1) is 5.92 Å². The largest absolute Gasteiger partial charge is 0.476 e. The minimum atomic E-state index is -1.11. The SMILES string of the molecule is O=C(O)c1nn(-c2ccccc2)c2nc(NC(=O)C3CCCC3)sc12. The van der Waals surface area contributed by atoms with Gasteiger partial charge in [0, 0.05) is 5.92 Å². The summed E-state index contributed by atoms with van der Waals surface area (Å²) in [5, 5.41) is 16.8. The smallest absolute Gasteiger partial charge is 0.358 e. The van der Waals surface area contributed by atoms with Crippen LogP contribution in [-0.2, 0) is 4.79 Å². The van der Waals surface area contributed by atoms with Crippen LogP contribution in [0.1, 0.15) is 36.2 Å². The monoisotopic (exact) mass is 356 g/mol. The Balaban J connectivity index is 1.73. The number of thiazole rings is 1. The average Bonchev–Trinajstić information content (AvgIpc) is 3.31. The van der Waals surface area contributed by atoms with Gasteiger partial charge in [-0.3, -0.25) is 4.79 Å². The van der Waals surface area contributed by atoms with Crippen LogP contribution in [0.3, 0.4) is 0 Å². The van der Waals surface area contributed by atoms with Gasteiger partial charge in [-0.15, -0.1) is 0 Å². The van der Waals surface area contributed by atoms with Gasteiger partial charge in [0.2, 0.25) is 5.91 Å². The molecule has 0 unspecified atom stereocenters. The van der Waals surface area contributed by atoms with Crippen molar-refractivity contribution in [3.63, 3.8) is 0 Å². The Hall–Kier alpha value is -2.74. The van der Waals surface area contributed by atoms with Crippen LogP contribution in [0.4, 0.5) is 5.13 Å². The Morgan fingerprint density at radius 2 is 1.92 bits per heavy atom. The highest BCUT2D eigenvalue weighted by molar-refractivity contribution is 7.22. The number of anilines is 1. The average molecular weight is 356 g/mol. The zero-order valence-electron chi connectivity index (χ0n) is 13.3. The van der Waals surface area contributed by atoms with Crippen molar-refractivity contribution < 1.29 is 14.7 Å². The van der Waals surface area contributed by atoms with Crippen LogP contribution in [-0.4, -0.2) is 31.7 Å². The molecule has 1 amide bonds. The number of carboxylic acid groups (broad SMARTS) is 1. The van der Waals surface area contributed by atoms with E-state index in [0.29, 0.717) is 15.5 Å². The molecule has 1 aromatic carbocycles. The van der Waals surface area contributed by atoms with Crippen LogP contribution in [0.15, 0.2) is 30.3 Å². The molecule has 128 valence electrons. The highest BCUT2D eigenvalue weighted by Gasteiger charge is 2.26. The number of carbonyl (C=O) groups excluding carboxylic acids is 1. The maximum absolute atomic E-state index is 12.3. The standard InChI is InChI=1S/C17H16N4O3S/c22-15(10-6-4-5-7-10)19-17-18-14-13(25-17)12(16(23)24)20-21(14)11-8-2-1-3-9-11/h1-3,8-10H,4-7H2,(H,23,24)(H,18,19,22). The number of benzene rings is 1. The Kier molecular flexibility index (Phi) is 3.96. The molecule has 1 aliphatic rings. The van der Waals surface area contributed by atoms with Crippen molar-refractivity contribution in [2.24, 2.45) is 5.92 Å². The molecule has 0 spiro atoms. The van der Waals surface area contributed by atoms with E-state index in [9.17, 15) is 14.7 Å². The van der Waals surface area contributed by atoms with Crippen molar-refractivity contribution in [3.8, 4) is 5.69 Å². The van der Waals surface area contributed by atoms with E-state index in [0.717, 1.165) is 42.7 Å². The minimum Gasteiger partial charge on any atom is -0.476 e. The van der Waals surface area contributed by atoms with Crippen molar-refractivity contribution in [3.05, 3.63) is 36.0 Å². The summed E-state index contributed by atoms with van der Waals surface area (Å²) in [4.78, 5) is 28.2. The number of nitrogens with zero attached hydrogens (tertiary/aromatic N) is 3. The van der Waals surface area contributed by atoms with Gasteiger partial charge in [-0.2, -0.15) is 10.1 Å². The number of hydrogen-bond donors (Lipinski definition) is 2. The van der Waals surface area contributed by atoms with Crippen molar-refractivity contribution in [1.82, 2.24) is 14.8 Å². The highest BCUT2D eigenvalue weighted by Crippen LogP contribution is 2.32. The summed E-state index contributed by atoms with van der Waals surface area (Å²) in [7, 11) is 0. The molecule has 1 fully saturated rings. The van der Waals surface area contributed by atoms with Gasteiger partial charge in [0.1, 0.15) is 4.70 Å². The molecule has 2 aromatic heterocycles. The van der Waals surface area contributed by atoms with Gasteiger partial charge in [-0.25, -0.2) is 9.48 Å². The lowest BCUT2D eigenvalue weighted by Gasteiger charge is -2.07. The van der Waals surface area contributed by atoms with Crippen LogP contribution in [0.2, 0.25) is 0 Å². The quantitative estimate of drug-likeness (QED) is 0.747. The van der Waals surface area contributed by atoms with Gasteiger partial charge in [0.15, 0.2) is 16.5 Å². The second-order valence-electron chi connectivity index (χ2n) is 6.04. The van der Waals surface area contributed by atoms with Gasteiger partial charge >= 0.3 is 5.97 Å². The van der Waals surface area contributed by atoms with Crippen molar-refractivity contribution >= 4 is 38.7 Å². The van der Waals surface area contributed by atoms with Crippen molar-refractivity contribution in [2.75, 3.05) is 5.32 Å². The zero-order valence-corrected chi connectivity index (χ0v) is 14.1. The van der Waals surface area contributed by atoms with Gasteiger partial charge in [-0.1, -0.05) is 42.4 Å². The second-order valence-corrected chi connectivity index (χ2v) is 7.04. The lowest BCUT2D eigenvalue weighted by Crippen LogP contribution is -2.20. The van der Waals surface area contributed by atoms with Gasteiger partial charge in [0.25, 0.3) is 0 Å². The predicted molar refractivity (Wildman–Crippen MR) is 94.3 cm³/mol. The Morgan fingerprint density at radius 1 is 1.20 bits per heavy atom. The van der Waals surface area contributed by atoms with Crippen LogP contribution in [0.25, 0.3) is 16.0 Å². The third-order valence-electron chi connectivity index (χ3n) is 4.38. The summed E-state index contributed by atoms with van der Waals surface area (Å²) in [6, 6.07) is 9.22. The maximum atomic E-state index is 12.3. The molecule has 1 saturated carbocycles. The van der Waals surface area contributed by atoms with Crippen LogP contribution < -0.4 is 5.32 Å². The summed E-state index contributed by atoms with van der Waals surface area (Å²) in [6.07, 6.45) is 3.94. The third-order valence-corrected chi connectivity index (χ3v) is 5.35. The number of carboxylic acids is 1. The van der Waals surface area contributed by atoms with Gasteiger partial charge in [-0.05, 0) is 25.0 Å². The molecular formula is C17H16N4O3S. The predicted octanol–water partition coefficient (Wildman–Crippen LogP) is 3.31. The maximum Gasteiger partial charge on any atom is 0.358 e. The minimum absolute atomic E-state index is 0.0246. The molecule has 1 aliphatic carbocycles. The number of para-hydroxylation sites is 1. The Bertz CT molecular complexity index is 942. The van der Waals surface area contributed by atoms with Gasteiger partial charge in [0.05, 0.1) is 5.69 Å². The van der Waals surface area contributed by atoms with Crippen molar-refractivity contribution in [1.29, 1.82) is 0 Å². The molecule has 25 heavy (non-hydrogen) atoms. The fraction of sp³-hybridized carbons (Fsp3) is 0.294. The number of carbonyl (C=O) groups is 2. The van der Waals surface area contributed by atoms with E-state index in [1.807, 2.05) is 30.3 Å². The molecule has 0 aliphatic heterocycles. The topological polar surface area (TPSA) is 97.1 Å². The molecule has 0 bridgehead atoms. The van der Waals surface area contributed by atoms with E-state index in [1.54, 1.807) is 0 Å². The van der Waals surface area contributed by atoms with Crippen LogP contribution in [0.5, 0.6) is 0 Å². The van der Waals surface area contributed by atoms with Crippen molar-refractivity contribution in [2.45, 2.75) is 25.7 Å². The lowest BCUT2D eigenvalue weighted by molar-refractivity contribution is -0.119. The van der Waals surface area contributed by atoms with Gasteiger partial charge < -0.3 is 10.4 Å². The van der Waals surface area contributed by atoms with E-state index in [4.69, 9.17) is 0 Å². The first-order valence-electron chi connectivity index (χ1n) is 8.12. The summed E-state index contributed by atoms with van der Waals surface area (Å²) < 4.78 is 1.96. The van der Waals surface area contributed by atoms with E-state index in [-0.39, 0.29) is 17.5 Å². The lowest BCUT2D eigenvalue weighted by atomic mass is 10.1. The number of aromatic nitrogens is 3. The normalized spacial score (nSPS) is 14.9. The number of fused-ring (bicyclic) bond motifs is 1. The number of amides is 1. The first-order valence-corrected chi connectivity index (χ1v) is 8.94. The molecule has 0 saturated heterocycles. The fourth-order valence-electron chi connectivity index (χ4n) is 3.14. The number of hydrogen-bond acceptors (Lipinski definition) is 5. The summed E-state index contributed by atoms with van der Waals surface area (Å²) >= 11 is 1.15. The number of rotatable bonds is 4. The Labute approximate surface area is 147 Å². The fourth-order valence-corrected chi connectivity index (χ4v) is 4.07. The van der Waals surface area contributed by atoms with E-state index in [1.165, 1.54) is 4.68 Å². The Morgan fingerprint density at radius 3 is 2.60 bits per heavy atom. The third kappa shape index (κ3) is 2.89. The van der Waals surface area contributed by atoms with E-state index in [2.05, 4.69) is 15.4 Å². The summed E-state index contributed by atoms with van der Waals surface area (Å²) in [6.45, 7) is 0. The molecule has 3 aromatic rings. The molecule has 0 atom stereocenters. The zero-order chi connectivity index (χ0) is 17.4. The van der Waals surface area contributed by atoms with Crippen LogP contribution >= 0.6 is 11.3 Å². The number of aromatic carboxylic acids is 1. The van der Waals surface area contributed by atoms with E-state index < -0.39 is 5.97 Å². The molecule has 7 nitrogen and oxygen atoms in total. The summed E-state index contributed by atoms with van der Waals surface area (Å²) in [5.74, 6) is -1.13. The first kappa shape index (κ1) is 15.8. The molecule has 0 radical (unpaired) electrons. The highest BCUT2D eigenvalue weighted by atomic mass is 32.1. The number of nitrogens with one attached hydrogen (secondary N) is 1. The summed E-state index contributed by atoms with van der Waals surface area (Å²) in [5.41, 5.74) is 1.10.